The van der Waals surface area contributed by atoms with E-state index in [1.807, 2.05) is 10.6 Å². The molecule has 172 valence electrons. The maximum Gasteiger partial charge on any atom is 0.266 e. The van der Waals surface area contributed by atoms with E-state index in [1.165, 1.54) is 45.5 Å². The molecule has 0 bridgehead atoms. The number of amides is 1. The Kier molecular flexibility index (Phi) is 6.78. The van der Waals surface area contributed by atoms with Gasteiger partial charge < -0.3 is 4.57 Å². The molecule has 1 atom stereocenters. The fourth-order valence-electron chi connectivity index (χ4n) is 3.96. The molecule has 2 heterocycles. The number of halogens is 1. The number of sulfonamides is 1. The van der Waals surface area contributed by atoms with Crippen LogP contribution < -0.4 is 4.80 Å². The van der Waals surface area contributed by atoms with Crippen molar-refractivity contribution in [3.63, 3.8) is 0 Å². The van der Waals surface area contributed by atoms with Gasteiger partial charge in [-0.1, -0.05) is 48.8 Å². The number of benzene rings is 2. The van der Waals surface area contributed by atoms with E-state index in [9.17, 15) is 13.2 Å². The first-order valence-electron chi connectivity index (χ1n) is 10.6. The number of nitrogens with zero attached hydrogens (tertiary/aromatic N) is 3. The lowest BCUT2D eigenvalue weighted by atomic mass is 10.0. The summed E-state index contributed by atoms with van der Waals surface area (Å²) in [6, 6.07) is 11.2. The van der Waals surface area contributed by atoms with Gasteiger partial charge in [0.1, 0.15) is 6.04 Å². The van der Waals surface area contributed by atoms with E-state index < -0.39 is 22.0 Å². The van der Waals surface area contributed by atoms with Crippen LogP contribution in [0.2, 0.25) is 5.02 Å². The van der Waals surface area contributed by atoms with Crippen molar-refractivity contribution < 1.29 is 13.2 Å². The van der Waals surface area contributed by atoms with Crippen LogP contribution in [0.3, 0.4) is 0 Å². The Morgan fingerprint density at radius 1 is 1.27 bits per heavy atom. The van der Waals surface area contributed by atoms with Crippen molar-refractivity contribution in [2.24, 2.45) is 4.99 Å². The zero-order chi connectivity index (χ0) is 23.8. The second kappa shape index (κ2) is 9.43. The topological polar surface area (TPSA) is 71.7 Å². The number of terminal acetylenes is 1. The normalized spacial score (nSPS) is 17.7. The molecule has 6 nitrogen and oxygen atoms in total. The van der Waals surface area contributed by atoms with Gasteiger partial charge in [-0.25, -0.2) is 8.42 Å². The third-order valence-electron chi connectivity index (χ3n) is 5.74. The first-order valence-corrected chi connectivity index (χ1v) is 13.3. The van der Waals surface area contributed by atoms with Crippen LogP contribution in [0.5, 0.6) is 0 Å². The van der Waals surface area contributed by atoms with Gasteiger partial charge in [0.25, 0.3) is 5.91 Å². The molecule has 0 spiro atoms. The van der Waals surface area contributed by atoms with Crippen molar-refractivity contribution in [2.75, 3.05) is 6.54 Å². The highest BCUT2D eigenvalue weighted by Gasteiger charge is 2.39. The first kappa shape index (κ1) is 23.7. The molecule has 1 saturated heterocycles. The molecule has 0 aliphatic carbocycles. The molecule has 1 aliphatic heterocycles. The van der Waals surface area contributed by atoms with Crippen LogP contribution in [0.15, 0.2) is 52.4 Å². The Morgan fingerprint density at radius 2 is 2.00 bits per heavy atom. The van der Waals surface area contributed by atoms with Crippen molar-refractivity contribution >= 4 is 49.1 Å². The molecule has 0 radical (unpaired) electrons. The Bertz CT molecular complexity index is 1410. The van der Waals surface area contributed by atoms with Gasteiger partial charge in [0.05, 0.1) is 21.7 Å². The van der Waals surface area contributed by atoms with Crippen molar-refractivity contribution in [1.29, 1.82) is 0 Å². The van der Waals surface area contributed by atoms with Crippen LogP contribution in [0.1, 0.15) is 38.2 Å². The SMILES string of the molecule is C#CCn1c(=NC(=O)C2CCCN2S(=O)(=O)c2ccc(Cl)cc2)sc2cc(C(C)C)ccc21. The monoisotopic (exact) mass is 501 g/mol. The second-order valence-corrected chi connectivity index (χ2v) is 11.6. The van der Waals surface area contributed by atoms with Gasteiger partial charge in [-0.05, 0) is 60.7 Å². The Balaban J connectivity index is 1.73. The number of carbonyl (C=O) groups is 1. The van der Waals surface area contributed by atoms with Crippen molar-refractivity contribution in [2.45, 2.75) is 50.1 Å². The number of fused-ring (bicyclic) bond motifs is 1. The maximum absolute atomic E-state index is 13.2. The van der Waals surface area contributed by atoms with Crippen LogP contribution in [0, 0.1) is 12.3 Å². The molecule has 1 amide bonds. The van der Waals surface area contributed by atoms with Crippen LogP contribution in [-0.4, -0.2) is 35.8 Å². The standard InChI is InChI=1S/C24H24ClN3O3S2/c1-4-13-27-20-12-7-17(16(2)3)15-22(20)32-24(27)26-23(29)21-6-5-14-28(21)33(30,31)19-10-8-18(25)9-11-19/h1,7-12,15-16,21H,5-6,13-14H2,2-3H3. The van der Waals surface area contributed by atoms with E-state index in [1.54, 1.807) is 0 Å². The predicted molar refractivity (Wildman–Crippen MR) is 132 cm³/mol. The summed E-state index contributed by atoms with van der Waals surface area (Å²) in [4.78, 5) is 18.2. The zero-order valence-electron chi connectivity index (χ0n) is 18.4. The van der Waals surface area contributed by atoms with Gasteiger partial charge in [-0.2, -0.15) is 9.30 Å². The largest absolute Gasteiger partial charge is 0.305 e. The van der Waals surface area contributed by atoms with E-state index >= 15 is 0 Å². The van der Waals surface area contributed by atoms with Gasteiger partial charge in [0.15, 0.2) is 4.80 Å². The molecule has 1 aromatic heterocycles. The minimum Gasteiger partial charge on any atom is -0.305 e. The Labute approximate surface area is 202 Å². The lowest BCUT2D eigenvalue weighted by Gasteiger charge is -2.21. The summed E-state index contributed by atoms with van der Waals surface area (Å²) in [7, 11) is -3.84. The number of thiazole rings is 1. The molecule has 1 aliphatic rings. The fourth-order valence-corrected chi connectivity index (χ4v) is 6.82. The van der Waals surface area contributed by atoms with Gasteiger partial charge in [-0.3, -0.25) is 4.79 Å². The third kappa shape index (κ3) is 4.64. The molecule has 2 aromatic carbocycles. The molecule has 1 unspecified atom stereocenters. The number of rotatable bonds is 5. The maximum atomic E-state index is 13.2. The van der Waals surface area contributed by atoms with Crippen LogP contribution in [-0.2, 0) is 21.4 Å². The zero-order valence-corrected chi connectivity index (χ0v) is 20.8. The number of carbonyl (C=O) groups excluding carboxylic acids is 1. The van der Waals surface area contributed by atoms with Crippen molar-refractivity contribution in [1.82, 2.24) is 8.87 Å². The molecule has 3 aromatic rings. The summed E-state index contributed by atoms with van der Waals surface area (Å²) in [5.41, 5.74) is 2.09. The van der Waals surface area contributed by atoms with Gasteiger partial charge >= 0.3 is 0 Å². The van der Waals surface area contributed by atoms with E-state index in [2.05, 4.69) is 36.9 Å². The first-order chi connectivity index (χ1) is 15.7. The summed E-state index contributed by atoms with van der Waals surface area (Å²) < 4.78 is 30.4. The Hall–Kier alpha value is -2.44. The molecule has 9 heteroatoms. The lowest BCUT2D eigenvalue weighted by Crippen LogP contribution is -2.40. The smallest absolute Gasteiger partial charge is 0.266 e. The van der Waals surface area contributed by atoms with Crippen LogP contribution >= 0.6 is 22.9 Å². The molecular formula is C24H24ClN3O3S2. The van der Waals surface area contributed by atoms with Gasteiger partial charge in [0.2, 0.25) is 10.0 Å². The summed E-state index contributed by atoms with van der Waals surface area (Å²) in [6.07, 6.45) is 6.59. The van der Waals surface area contributed by atoms with E-state index in [4.69, 9.17) is 18.0 Å². The molecular weight excluding hydrogens is 478 g/mol. The van der Waals surface area contributed by atoms with E-state index in [0.717, 1.165) is 10.2 Å². The highest BCUT2D eigenvalue weighted by atomic mass is 35.5. The number of hydrogen-bond acceptors (Lipinski definition) is 4. The summed E-state index contributed by atoms with van der Waals surface area (Å²) in [5, 5.41) is 0.446. The molecule has 1 fully saturated rings. The molecule has 33 heavy (non-hydrogen) atoms. The molecule has 0 N–H and O–H groups in total. The Morgan fingerprint density at radius 3 is 2.67 bits per heavy atom. The number of hydrogen-bond donors (Lipinski definition) is 0. The second-order valence-electron chi connectivity index (χ2n) is 8.23. The van der Waals surface area contributed by atoms with Crippen molar-refractivity contribution in [3.05, 3.63) is 57.9 Å². The molecule has 0 saturated carbocycles. The molecule has 4 rings (SSSR count). The predicted octanol–water partition coefficient (Wildman–Crippen LogP) is 4.39. The van der Waals surface area contributed by atoms with Crippen molar-refractivity contribution in [3.8, 4) is 12.3 Å². The van der Waals surface area contributed by atoms with Gasteiger partial charge in [-0.15, -0.1) is 6.42 Å². The summed E-state index contributed by atoms with van der Waals surface area (Å²) in [6.45, 7) is 4.78. The number of aromatic nitrogens is 1. The van der Waals surface area contributed by atoms with Gasteiger partial charge in [0, 0.05) is 11.6 Å². The van der Waals surface area contributed by atoms with E-state index in [0.29, 0.717) is 28.6 Å². The lowest BCUT2D eigenvalue weighted by molar-refractivity contribution is -0.121. The third-order valence-corrected chi connectivity index (χ3v) is 8.95. The minimum atomic E-state index is -3.84. The van der Waals surface area contributed by atoms with Crippen LogP contribution in [0.4, 0.5) is 0 Å². The quantitative estimate of drug-likeness (QED) is 0.487. The average molecular weight is 502 g/mol. The fraction of sp³-hybridized carbons (Fsp3) is 0.333. The highest BCUT2D eigenvalue weighted by Crippen LogP contribution is 2.28. The average Bonchev–Trinajstić information content (AvgIpc) is 3.40. The minimum absolute atomic E-state index is 0.108. The summed E-state index contributed by atoms with van der Waals surface area (Å²) in [5.74, 6) is 2.51. The highest BCUT2D eigenvalue weighted by molar-refractivity contribution is 7.89. The van der Waals surface area contributed by atoms with Crippen LogP contribution in [0.25, 0.3) is 10.2 Å². The van der Waals surface area contributed by atoms with E-state index in [-0.39, 0.29) is 18.0 Å². The summed E-state index contributed by atoms with van der Waals surface area (Å²) >= 11 is 7.29.